The molecule has 0 bridgehead atoms. The van der Waals surface area contributed by atoms with Crippen molar-refractivity contribution in [3.05, 3.63) is 24.3 Å². The third-order valence-electron chi connectivity index (χ3n) is 4.16. The summed E-state index contributed by atoms with van der Waals surface area (Å²) in [5.74, 6) is 1.33. The Hall–Kier alpha value is -1.73. The molecule has 1 aromatic rings. The molecule has 1 unspecified atom stereocenters. The number of methoxy groups -OCH3 is 1. The molecular formula is C17H25N3O. The zero-order chi connectivity index (χ0) is 15.3. The number of ether oxygens (including phenoxy) is 1. The second-order valence-corrected chi connectivity index (χ2v) is 5.84. The molecule has 1 N–H and O–H groups in total. The van der Waals surface area contributed by atoms with E-state index in [4.69, 9.17) is 4.74 Å². The van der Waals surface area contributed by atoms with Gasteiger partial charge < -0.3 is 9.64 Å². The molecule has 1 aliphatic carbocycles. The molecule has 0 amide bonds. The fourth-order valence-electron chi connectivity index (χ4n) is 2.72. The minimum Gasteiger partial charge on any atom is -0.497 e. The van der Waals surface area contributed by atoms with Gasteiger partial charge in [0.15, 0.2) is 0 Å². The Labute approximate surface area is 127 Å². The highest BCUT2D eigenvalue weighted by molar-refractivity contribution is 5.49. The van der Waals surface area contributed by atoms with Gasteiger partial charge in [0, 0.05) is 19.3 Å². The van der Waals surface area contributed by atoms with Gasteiger partial charge >= 0.3 is 0 Å². The van der Waals surface area contributed by atoms with Gasteiger partial charge in [-0.25, -0.2) is 0 Å². The van der Waals surface area contributed by atoms with Gasteiger partial charge in [0.25, 0.3) is 0 Å². The summed E-state index contributed by atoms with van der Waals surface area (Å²) < 4.78 is 5.19. The van der Waals surface area contributed by atoms with E-state index in [1.807, 2.05) is 31.3 Å². The number of nitriles is 1. The summed E-state index contributed by atoms with van der Waals surface area (Å²) in [6.07, 6.45) is 3.35. The molecule has 0 aliphatic heterocycles. The van der Waals surface area contributed by atoms with Gasteiger partial charge in [0.2, 0.25) is 0 Å². The molecule has 1 saturated carbocycles. The molecule has 0 saturated heterocycles. The van der Waals surface area contributed by atoms with E-state index in [1.54, 1.807) is 7.11 Å². The SMILES string of the molecule is CCCNC(C#N)(CN(C)c1ccc(OC)cc1)C1CC1. The second kappa shape index (κ2) is 6.82. The smallest absolute Gasteiger partial charge is 0.127 e. The van der Waals surface area contributed by atoms with Gasteiger partial charge in [-0.05, 0) is 56.0 Å². The van der Waals surface area contributed by atoms with Gasteiger partial charge in [0.1, 0.15) is 11.3 Å². The summed E-state index contributed by atoms with van der Waals surface area (Å²) in [6.45, 7) is 3.73. The first-order valence-electron chi connectivity index (χ1n) is 7.66. The van der Waals surface area contributed by atoms with Crippen LogP contribution < -0.4 is 15.0 Å². The third kappa shape index (κ3) is 3.68. The molecule has 0 radical (unpaired) electrons. The minimum atomic E-state index is -0.426. The van der Waals surface area contributed by atoms with E-state index < -0.39 is 5.54 Å². The standard InChI is InChI=1S/C17H25N3O/c1-4-11-19-17(12-18,14-5-6-14)13-20(2)15-7-9-16(21-3)10-8-15/h7-10,14,19H,4-6,11,13H2,1-3H3. The first-order valence-corrected chi connectivity index (χ1v) is 7.66. The monoisotopic (exact) mass is 287 g/mol. The second-order valence-electron chi connectivity index (χ2n) is 5.84. The van der Waals surface area contributed by atoms with Crippen molar-refractivity contribution >= 4 is 5.69 Å². The van der Waals surface area contributed by atoms with Crippen LogP contribution in [0.2, 0.25) is 0 Å². The molecule has 0 heterocycles. The van der Waals surface area contributed by atoms with E-state index in [2.05, 4.69) is 23.2 Å². The van der Waals surface area contributed by atoms with Crippen molar-refractivity contribution in [1.82, 2.24) is 5.32 Å². The first kappa shape index (κ1) is 15.7. The number of benzene rings is 1. The average molecular weight is 287 g/mol. The lowest BCUT2D eigenvalue weighted by molar-refractivity contribution is 0.369. The van der Waals surface area contributed by atoms with Crippen molar-refractivity contribution in [1.29, 1.82) is 5.26 Å². The van der Waals surface area contributed by atoms with Crippen molar-refractivity contribution < 1.29 is 4.74 Å². The van der Waals surface area contributed by atoms with Crippen LogP contribution in [0.5, 0.6) is 5.75 Å². The van der Waals surface area contributed by atoms with Gasteiger partial charge in [-0.3, -0.25) is 5.32 Å². The van der Waals surface area contributed by atoms with Crippen LogP contribution >= 0.6 is 0 Å². The molecule has 2 rings (SSSR count). The maximum atomic E-state index is 9.73. The molecule has 0 aromatic heterocycles. The summed E-state index contributed by atoms with van der Waals surface area (Å²) in [5.41, 5.74) is 0.680. The van der Waals surface area contributed by atoms with Gasteiger partial charge in [-0.15, -0.1) is 0 Å². The highest BCUT2D eigenvalue weighted by atomic mass is 16.5. The van der Waals surface area contributed by atoms with E-state index in [-0.39, 0.29) is 0 Å². The van der Waals surface area contributed by atoms with Crippen molar-refractivity contribution in [2.24, 2.45) is 5.92 Å². The quantitative estimate of drug-likeness (QED) is 0.798. The Kier molecular flexibility index (Phi) is 5.08. The van der Waals surface area contributed by atoms with Crippen LogP contribution in [0.1, 0.15) is 26.2 Å². The topological polar surface area (TPSA) is 48.3 Å². The van der Waals surface area contributed by atoms with Crippen LogP contribution in [0.3, 0.4) is 0 Å². The van der Waals surface area contributed by atoms with E-state index in [0.717, 1.165) is 37.2 Å². The van der Waals surface area contributed by atoms with Crippen molar-refractivity contribution in [2.75, 3.05) is 32.1 Å². The number of likely N-dealkylation sites (N-methyl/N-ethyl adjacent to an activating group) is 1. The summed E-state index contributed by atoms with van der Waals surface area (Å²) in [7, 11) is 3.71. The van der Waals surface area contributed by atoms with E-state index in [9.17, 15) is 5.26 Å². The average Bonchev–Trinajstić information content (AvgIpc) is 3.36. The Bertz CT molecular complexity index is 490. The number of hydrogen-bond acceptors (Lipinski definition) is 4. The zero-order valence-corrected chi connectivity index (χ0v) is 13.2. The van der Waals surface area contributed by atoms with Crippen molar-refractivity contribution in [3.63, 3.8) is 0 Å². The molecule has 4 nitrogen and oxygen atoms in total. The Balaban J connectivity index is 2.09. The molecule has 1 aliphatic rings. The number of hydrogen-bond donors (Lipinski definition) is 1. The minimum absolute atomic E-state index is 0.426. The third-order valence-corrected chi connectivity index (χ3v) is 4.16. The molecule has 114 valence electrons. The van der Waals surface area contributed by atoms with Crippen molar-refractivity contribution in [2.45, 2.75) is 31.7 Å². The van der Waals surface area contributed by atoms with Crippen LogP contribution in [0.25, 0.3) is 0 Å². The van der Waals surface area contributed by atoms with E-state index in [0.29, 0.717) is 12.5 Å². The zero-order valence-electron chi connectivity index (χ0n) is 13.2. The Morgan fingerprint density at radius 1 is 1.38 bits per heavy atom. The molecule has 1 atom stereocenters. The van der Waals surface area contributed by atoms with Crippen LogP contribution in [0.15, 0.2) is 24.3 Å². The van der Waals surface area contributed by atoms with Crippen molar-refractivity contribution in [3.8, 4) is 11.8 Å². The lowest BCUT2D eigenvalue weighted by atomic mass is 9.93. The fraction of sp³-hybridized carbons (Fsp3) is 0.588. The predicted molar refractivity (Wildman–Crippen MR) is 85.6 cm³/mol. The number of nitrogens with one attached hydrogen (secondary N) is 1. The van der Waals surface area contributed by atoms with Gasteiger partial charge in [0.05, 0.1) is 13.2 Å². The van der Waals surface area contributed by atoms with Crippen LogP contribution in [-0.2, 0) is 0 Å². The summed E-state index contributed by atoms with van der Waals surface area (Å²) in [5, 5.41) is 13.2. The van der Waals surface area contributed by atoms with E-state index >= 15 is 0 Å². The molecular weight excluding hydrogens is 262 g/mol. The predicted octanol–water partition coefficient (Wildman–Crippen LogP) is 2.80. The molecule has 21 heavy (non-hydrogen) atoms. The van der Waals surface area contributed by atoms with Crippen LogP contribution in [0.4, 0.5) is 5.69 Å². The molecule has 1 fully saturated rings. The summed E-state index contributed by atoms with van der Waals surface area (Å²) in [4.78, 5) is 2.16. The maximum Gasteiger partial charge on any atom is 0.127 e. The number of rotatable bonds is 8. The van der Waals surface area contributed by atoms with Gasteiger partial charge in [-0.2, -0.15) is 5.26 Å². The maximum absolute atomic E-state index is 9.73. The first-order chi connectivity index (χ1) is 10.1. The highest BCUT2D eigenvalue weighted by Gasteiger charge is 2.46. The number of nitrogens with zero attached hydrogens (tertiary/aromatic N) is 2. The molecule has 0 spiro atoms. The lowest BCUT2D eigenvalue weighted by Crippen LogP contribution is -2.54. The van der Waals surface area contributed by atoms with E-state index in [1.165, 1.54) is 0 Å². The Morgan fingerprint density at radius 3 is 2.52 bits per heavy atom. The summed E-state index contributed by atoms with van der Waals surface area (Å²) in [6, 6.07) is 10.5. The molecule has 4 heteroatoms. The fourth-order valence-corrected chi connectivity index (χ4v) is 2.72. The number of anilines is 1. The van der Waals surface area contributed by atoms with Crippen LogP contribution in [-0.4, -0.2) is 32.8 Å². The molecule has 1 aromatic carbocycles. The van der Waals surface area contributed by atoms with Gasteiger partial charge in [-0.1, -0.05) is 6.92 Å². The lowest BCUT2D eigenvalue weighted by Gasteiger charge is -2.33. The summed E-state index contributed by atoms with van der Waals surface area (Å²) >= 11 is 0. The Morgan fingerprint density at radius 2 is 2.05 bits per heavy atom. The highest BCUT2D eigenvalue weighted by Crippen LogP contribution is 2.40. The largest absolute Gasteiger partial charge is 0.497 e. The normalized spacial score (nSPS) is 16.9. The van der Waals surface area contributed by atoms with Crippen LogP contribution in [0, 0.1) is 17.2 Å².